The lowest BCUT2D eigenvalue weighted by Gasteiger charge is -2.12. The Morgan fingerprint density at radius 2 is 2.00 bits per heavy atom. The maximum atomic E-state index is 8.70. The predicted molar refractivity (Wildman–Crippen MR) is 58.0 cm³/mol. The molecule has 1 aromatic rings. The monoisotopic (exact) mass is 195 g/mol. The Bertz CT molecular complexity index is 310. The zero-order valence-corrected chi connectivity index (χ0v) is 8.92. The van der Waals surface area contributed by atoms with Gasteiger partial charge in [-0.25, -0.2) is 0 Å². The minimum Gasteiger partial charge on any atom is -0.496 e. The Morgan fingerprint density at radius 3 is 2.57 bits per heavy atom. The number of aliphatic hydroxyl groups is 1. The maximum Gasteiger partial charge on any atom is 0.122 e. The van der Waals surface area contributed by atoms with Gasteiger partial charge in [0.25, 0.3) is 0 Å². The molecule has 0 fully saturated rings. The lowest BCUT2D eigenvalue weighted by molar-refractivity contribution is 0.311. The molecule has 0 amide bonds. The van der Waals surface area contributed by atoms with E-state index in [0.29, 0.717) is 6.54 Å². The minimum atomic E-state index is 0.143. The molecule has 1 rings (SSSR count). The van der Waals surface area contributed by atoms with E-state index in [4.69, 9.17) is 9.84 Å². The first-order chi connectivity index (χ1) is 6.69. The average Bonchev–Trinajstić information content (AvgIpc) is 2.18. The van der Waals surface area contributed by atoms with Gasteiger partial charge < -0.3 is 15.2 Å². The summed E-state index contributed by atoms with van der Waals surface area (Å²) in [6.45, 7) is 4.74. The fraction of sp³-hybridized carbons (Fsp3) is 0.455. The van der Waals surface area contributed by atoms with Crippen LogP contribution in [0, 0.1) is 13.8 Å². The van der Waals surface area contributed by atoms with Crippen molar-refractivity contribution in [2.75, 3.05) is 25.6 Å². The van der Waals surface area contributed by atoms with E-state index in [2.05, 4.69) is 5.32 Å². The quantitative estimate of drug-likeness (QED) is 0.768. The molecule has 3 nitrogen and oxygen atoms in total. The molecule has 0 aliphatic heterocycles. The highest BCUT2D eigenvalue weighted by Gasteiger charge is 2.03. The van der Waals surface area contributed by atoms with Crippen LogP contribution in [-0.4, -0.2) is 25.4 Å². The summed E-state index contributed by atoms with van der Waals surface area (Å²) >= 11 is 0. The summed E-state index contributed by atoms with van der Waals surface area (Å²) in [5.74, 6) is 0.900. The van der Waals surface area contributed by atoms with Crippen molar-refractivity contribution < 1.29 is 9.84 Å². The molecule has 0 aliphatic carbocycles. The molecule has 0 spiro atoms. The zero-order chi connectivity index (χ0) is 10.6. The van der Waals surface area contributed by atoms with Gasteiger partial charge in [-0.05, 0) is 37.1 Å². The van der Waals surface area contributed by atoms with Crippen molar-refractivity contribution in [3.63, 3.8) is 0 Å². The van der Waals surface area contributed by atoms with E-state index in [-0.39, 0.29) is 6.61 Å². The van der Waals surface area contributed by atoms with E-state index in [1.807, 2.05) is 26.0 Å². The summed E-state index contributed by atoms with van der Waals surface area (Å²) in [6, 6.07) is 4.03. The van der Waals surface area contributed by atoms with Gasteiger partial charge in [0.1, 0.15) is 5.75 Å². The molecule has 0 unspecified atom stereocenters. The van der Waals surface area contributed by atoms with Crippen LogP contribution < -0.4 is 10.1 Å². The van der Waals surface area contributed by atoms with E-state index < -0.39 is 0 Å². The number of hydrogen-bond donors (Lipinski definition) is 2. The lowest BCUT2D eigenvalue weighted by Crippen LogP contribution is -2.07. The SMILES string of the molecule is COc1cc(C)c(NCCO)cc1C. The van der Waals surface area contributed by atoms with Crippen LogP contribution in [0.4, 0.5) is 5.69 Å². The number of ether oxygens (including phenoxy) is 1. The van der Waals surface area contributed by atoms with Crippen LogP contribution in [-0.2, 0) is 0 Å². The second-order valence-corrected chi connectivity index (χ2v) is 3.29. The van der Waals surface area contributed by atoms with Crippen LogP contribution >= 0.6 is 0 Å². The number of methoxy groups -OCH3 is 1. The Hall–Kier alpha value is -1.22. The molecule has 0 radical (unpaired) electrons. The van der Waals surface area contributed by atoms with E-state index >= 15 is 0 Å². The van der Waals surface area contributed by atoms with Gasteiger partial charge in [0.15, 0.2) is 0 Å². The summed E-state index contributed by atoms with van der Waals surface area (Å²) in [5, 5.41) is 11.9. The Balaban J connectivity index is 2.90. The minimum absolute atomic E-state index is 0.143. The number of aryl methyl sites for hydroxylation is 2. The van der Waals surface area contributed by atoms with Gasteiger partial charge in [0.2, 0.25) is 0 Å². The van der Waals surface area contributed by atoms with Crippen molar-refractivity contribution in [2.24, 2.45) is 0 Å². The molecular weight excluding hydrogens is 178 g/mol. The number of rotatable bonds is 4. The molecule has 0 saturated carbocycles. The normalized spacial score (nSPS) is 10.0. The number of benzene rings is 1. The van der Waals surface area contributed by atoms with Crippen LogP contribution in [0.2, 0.25) is 0 Å². The van der Waals surface area contributed by atoms with Gasteiger partial charge in [-0.3, -0.25) is 0 Å². The molecule has 3 heteroatoms. The summed E-state index contributed by atoms with van der Waals surface area (Å²) in [6.07, 6.45) is 0. The predicted octanol–water partition coefficient (Wildman–Crippen LogP) is 1.72. The summed E-state index contributed by atoms with van der Waals surface area (Å²) in [5.41, 5.74) is 3.27. The molecule has 0 bridgehead atoms. The standard InChI is InChI=1S/C11H17NO2/c1-8-7-11(14-3)9(2)6-10(8)12-4-5-13/h6-7,12-13H,4-5H2,1-3H3. The average molecular weight is 195 g/mol. The van der Waals surface area contributed by atoms with Crippen molar-refractivity contribution >= 4 is 5.69 Å². The first-order valence-electron chi connectivity index (χ1n) is 4.69. The van der Waals surface area contributed by atoms with Crippen molar-refractivity contribution in [3.8, 4) is 5.75 Å². The Labute approximate surface area is 84.7 Å². The second kappa shape index (κ2) is 4.86. The smallest absolute Gasteiger partial charge is 0.122 e. The van der Waals surface area contributed by atoms with Gasteiger partial charge in [-0.2, -0.15) is 0 Å². The largest absolute Gasteiger partial charge is 0.496 e. The number of aliphatic hydroxyl groups excluding tert-OH is 1. The van der Waals surface area contributed by atoms with Gasteiger partial charge in [-0.15, -0.1) is 0 Å². The van der Waals surface area contributed by atoms with Crippen molar-refractivity contribution in [2.45, 2.75) is 13.8 Å². The van der Waals surface area contributed by atoms with Crippen molar-refractivity contribution in [1.82, 2.24) is 0 Å². The van der Waals surface area contributed by atoms with E-state index in [9.17, 15) is 0 Å². The topological polar surface area (TPSA) is 41.5 Å². The Morgan fingerprint density at radius 1 is 1.29 bits per heavy atom. The second-order valence-electron chi connectivity index (χ2n) is 3.29. The Kier molecular flexibility index (Phi) is 3.77. The molecule has 78 valence electrons. The summed E-state index contributed by atoms with van der Waals surface area (Å²) in [4.78, 5) is 0. The van der Waals surface area contributed by atoms with E-state index in [1.165, 1.54) is 0 Å². The first-order valence-corrected chi connectivity index (χ1v) is 4.69. The van der Waals surface area contributed by atoms with Gasteiger partial charge >= 0.3 is 0 Å². The van der Waals surface area contributed by atoms with Crippen molar-refractivity contribution in [1.29, 1.82) is 0 Å². The van der Waals surface area contributed by atoms with Gasteiger partial charge in [0, 0.05) is 12.2 Å². The molecule has 0 saturated heterocycles. The molecule has 0 aliphatic rings. The maximum absolute atomic E-state index is 8.70. The summed E-state index contributed by atoms with van der Waals surface area (Å²) < 4.78 is 5.21. The summed E-state index contributed by atoms with van der Waals surface area (Å²) in [7, 11) is 1.67. The number of nitrogens with one attached hydrogen (secondary N) is 1. The third-order valence-corrected chi connectivity index (χ3v) is 2.17. The molecule has 1 aromatic carbocycles. The van der Waals surface area contributed by atoms with Crippen molar-refractivity contribution in [3.05, 3.63) is 23.3 Å². The fourth-order valence-electron chi connectivity index (χ4n) is 1.39. The van der Waals surface area contributed by atoms with Crippen LogP contribution in [0.5, 0.6) is 5.75 Å². The lowest BCUT2D eigenvalue weighted by atomic mass is 10.1. The molecule has 14 heavy (non-hydrogen) atoms. The van der Waals surface area contributed by atoms with Crippen LogP contribution in [0.25, 0.3) is 0 Å². The molecule has 2 N–H and O–H groups in total. The van der Waals surface area contributed by atoms with Crippen LogP contribution in [0.3, 0.4) is 0 Å². The van der Waals surface area contributed by atoms with Gasteiger partial charge in [-0.1, -0.05) is 0 Å². The van der Waals surface area contributed by atoms with Crippen LogP contribution in [0.1, 0.15) is 11.1 Å². The number of anilines is 1. The highest BCUT2D eigenvalue weighted by atomic mass is 16.5. The highest BCUT2D eigenvalue weighted by molar-refractivity contribution is 5.56. The van der Waals surface area contributed by atoms with Gasteiger partial charge in [0.05, 0.1) is 13.7 Å². The molecule has 0 heterocycles. The zero-order valence-electron chi connectivity index (χ0n) is 8.92. The third-order valence-electron chi connectivity index (χ3n) is 2.17. The van der Waals surface area contributed by atoms with E-state index in [1.54, 1.807) is 7.11 Å². The highest BCUT2D eigenvalue weighted by Crippen LogP contribution is 2.25. The fourth-order valence-corrected chi connectivity index (χ4v) is 1.39. The van der Waals surface area contributed by atoms with E-state index in [0.717, 1.165) is 22.6 Å². The first kappa shape index (κ1) is 10.9. The number of hydrogen-bond acceptors (Lipinski definition) is 3. The molecule has 0 atom stereocenters. The molecular formula is C11H17NO2. The van der Waals surface area contributed by atoms with Crippen LogP contribution in [0.15, 0.2) is 12.1 Å². The third kappa shape index (κ3) is 2.39. The molecule has 0 aromatic heterocycles.